The number of rotatable bonds is 3. The number of nitrogens with zero attached hydrogens (tertiary/aromatic N) is 2. The first-order chi connectivity index (χ1) is 11.5. The molecule has 1 aliphatic heterocycles. The van der Waals surface area contributed by atoms with Crippen LogP contribution >= 0.6 is 23.2 Å². The van der Waals surface area contributed by atoms with Crippen LogP contribution in [0, 0.1) is 0 Å². The Kier molecular flexibility index (Phi) is 3.70. The van der Waals surface area contributed by atoms with Crippen LogP contribution in [0.5, 0.6) is 0 Å². The average Bonchev–Trinajstić information content (AvgIpc) is 3.29. The van der Waals surface area contributed by atoms with Gasteiger partial charge in [0.1, 0.15) is 0 Å². The molecule has 2 aliphatic rings. The van der Waals surface area contributed by atoms with Crippen LogP contribution in [-0.4, -0.2) is 34.4 Å². The van der Waals surface area contributed by atoms with Crippen LogP contribution in [-0.2, 0) is 4.79 Å². The number of aromatic nitrogens is 1. The molecular weight excluding hydrogens is 349 g/mol. The number of amides is 3. The molecule has 24 heavy (non-hydrogen) atoms. The second-order valence-electron chi connectivity index (χ2n) is 5.94. The second-order valence-corrected chi connectivity index (χ2v) is 6.75. The summed E-state index contributed by atoms with van der Waals surface area (Å²) in [6, 6.07) is 8.92. The van der Waals surface area contributed by atoms with Gasteiger partial charge in [0.05, 0.1) is 22.3 Å². The lowest BCUT2D eigenvalue weighted by Gasteiger charge is -2.12. The number of carbonyl (C=O) groups is 2. The minimum atomic E-state index is -0.298. The van der Waals surface area contributed by atoms with Gasteiger partial charge in [-0.2, -0.15) is 0 Å². The van der Waals surface area contributed by atoms with E-state index in [-0.39, 0.29) is 30.4 Å². The fourth-order valence-electron chi connectivity index (χ4n) is 3.05. The standard InChI is InChI=1S/C17H13Cl2N3O2/c18-12-3-1-9(5-13(12)19)14-4-2-10(7-20-14)11-6-15(11)22-16(23)8-21-17(22)24/h1-5,7,11,15H,6,8H2,(H,21,24). The first-order valence-corrected chi connectivity index (χ1v) is 8.31. The van der Waals surface area contributed by atoms with Gasteiger partial charge in [0, 0.05) is 23.7 Å². The lowest BCUT2D eigenvalue weighted by Crippen LogP contribution is -2.33. The molecule has 1 saturated carbocycles. The van der Waals surface area contributed by atoms with Crippen LogP contribution in [0.1, 0.15) is 17.9 Å². The van der Waals surface area contributed by atoms with Crippen molar-refractivity contribution in [1.29, 1.82) is 0 Å². The summed E-state index contributed by atoms with van der Waals surface area (Å²) < 4.78 is 0. The van der Waals surface area contributed by atoms with Gasteiger partial charge < -0.3 is 5.32 Å². The maximum absolute atomic E-state index is 11.7. The van der Waals surface area contributed by atoms with Gasteiger partial charge in [-0.3, -0.25) is 14.7 Å². The molecular formula is C17H13Cl2N3O2. The first-order valence-electron chi connectivity index (χ1n) is 7.56. The van der Waals surface area contributed by atoms with Gasteiger partial charge in [-0.05, 0) is 30.2 Å². The fourth-order valence-corrected chi connectivity index (χ4v) is 3.34. The zero-order valence-electron chi connectivity index (χ0n) is 12.5. The zero-order valence-corrected chi connectivity index (χ0v) is 14.0. The first kappa shape index (κ1) is 15.4. The summed E-state index contributed by atoms with van der Waals surface area (Å²) in [5.74, 6) is 0.000964. The van der Waals surface area contributed by atoms with Gasteiger partial charge in [-0.25, -0.2) is 4.79 Å². The van der Waals surface area contributed by atoms with E-state index >= 15 is 0 Å². The molecule has 1 aromatic carbocycles. The Balaban J connectivity index is 1.52. The molecule has 0 spiro atoms. The number of carbonyl (C=O) groups excluding carboxylic acids is 2. The lowest BCUT2D eigenvalue weighted by atomic mass is 10.1. The normalized spacial score (nSPS) is 22.7. The Labute approximate surface area is 148 Å². The van der Waals surface area contributed by atoms with Crippen LogP contribution in [0.2, 0.25) is 10.0 Å². The van der Waals surface area contributed by atoms with E-state index in [1.807, 2.05) is 18.2 Å². The topological polar surface area (TPSA) is 62.3 Å². The van der Waals surface area contributed by atoms with Crippen LogP contribution < -0.4 is 5.32 Å². The third kappa shape index (κ3) is 2.64. The van der Waals surface area contributed by atoms with E-state index in [1.54, 1.807) is 18.3 Å². The largest absolute Gasteiger partial charge is 0.329 e. The van der Waals surface area contributed by atoms with E-state index in [0.717, 1.165) is 23.2 Å². The van der Waals surface area contributed by atoms with Crippen molar-refractivity contribution in [2.24, 2.45) is 0 Å². The molecule has 0 bridgehead atoms. The minimum absolute atomic E-state index is 0.0578. The SMILES string of the molecule is O=C1CNC(=O)N1C1CC1c1ccc(-c2ccc(Cl)c(Cl)c2)nc1. The third-order valence-corrected chi connectivity index (χ3v) is 5.14. The lowest BCUT2D eigenvalue weighted by molar-refractivity contribution is -0.125. The summed E-state index contributed by atoms with van der Waals surface area (Å²) in [6.07, 6.45) is 2.58. The highest BCUT2D eigenvalue weighted by molar-refractivity contribution is 6.42. The molecule has 2 fully saturated rings. The van der Waals surface area contributed by atoms with Crippen LogP contribution in [0.25, 0.3) is 11.3 Å². The predicted octanol–water partition coefficient (Wildman–Crippen LogP) is 3.46. The van der Waals surface area contributed by atoms with Crippen molar-refractivity contribution in [3.05, 3.63) is 52.1 Å². The summed E-state index contributed by atoms with van der Waals surface area (Å²) in [7, 11) is 0. The Bertz CT molecular complexity index is 822. The van der Waals surface area contributed by atoms with Crippen molar-refractivity contribution in [2.45, 2.75) is 18.4 Å². The summed E-state index contributed by atoms with van der Waals surface area (Å²) >= 11 is 12.0. The third-order valence-electron chi connectivity index (χ3n) is 4.40. The minimum Gasteiger partial charge on any atom is -0.329 e. The molecule has 7 heteroatoms. The average molecular weight is 362 g/mol. The van der Waals surface area contributed by atoms with Gasteiger partial charge in [-0.15, -0.1) is 0 Å². The van der Waals surface area contributed by atoms with Crippen molar-refractivity contribution in [2.75, 3.05) is 6.54 Å². The van der Waals surface area contributed by atoms with Crippen molar-refractivity contribution in [3.63, 3.8) is 0 Å². The Morgan fingerprint density at radius 3 is 2.58 bits per heavy atom. The Morgan fingerprint density at radius 2 is 1.96 bits per heavy atom. The highest BCUT2D eigenvalue weighted by Gasteiger charge is 2.49. The number of benzene rings is 1. The summed E-state index contributed by atoms with van der Waals surface area (Å²) in [4.78, 5) is 29.2. The van der Waals surface area contributed by atoms with Crippen LogP contribution in [0.15, 0.2) is 36.5 Å². The fraction of sp³-hybridized carbons (Fsp3) is 0.235. The Hall–Kier alpha value is -2.11. The highest BCUT2D eigenvalue weighted by Crippen LogP contribution is 2.45. The van der Waals surface area contributed by atoms with Crippen molar-refractivity contribution in [1.82, 2.24) is 15.2 Å². The van der Waals surface area contributed by atoms with E-state index < -0.39 is 0 Å². The van der Waals surface area contributed by atoms with E-state index in [9.17, 15) is 9.59 Å². The zero-order chi connectivity index (χ0) is 16.8. The number of halogens is 2. The van der Waals surface area contributed by atoms with E-state index in [0.29, 0.717) is 10.0 Å². The number of nitrogens with one attached hydrogen (secondary N) is 1. The van der Waals surface area contributed by atoms with Crippen molar-refractivity contribution < 1.29 is 9.59 Å². The maximum atomic E-state index is 11.7. The number of imide groups is 1. The predicted molar refractivity (Wildman–Crippen MR) is 91.1 cm³/mol. The summed E-state index contributed by atoms with van der Waals surface area (Å²) in [5, 5.41) is 3.54. The molecule has 122 valence electrons. The van der Waals surface area contributed by atoms with E-state index in [4.69, 9.17) is 23.2 Å². The highest BCUT2D eigenvalue weighted by atomic mass is 35.5. The molecule has 2 heterocycles. The summed E-state index contributed by atoms with van der Waals surface area (Å²) in [6.45, 7) is 0.0938. The maximum Gasteiger partial charge on any atom is 0.324 e. The number of hydrogen-bond acceptors (Lipinski definition) is 3. The molecule has 4 rings (SSSR count). The molecule has 1 aromatic heterocycles. The van der Waals surface area contributed by atoms with Crippen molar-refractivity contribution in [3.8, 4) is 11.3 Å². The molecule has 1 aliphatic carbocycles. The van der Waals surface area contributed by atoms with Crippen LogP contribution in [0.3, 0.4) is 0 Å². The van der Waals surface area contributed by atoms with E-state index in [1.165, 1.54) is 4.90 Å². The Morgan fingerprint density at radius 1 is 1.12 bits per heavy atom. The second kappa shape index (κ2) is 5.76. The van der Waals surface area contributed by atoms with Gasteiger partial charge >= 0.3 is 6.03 Å². The molecule has 3 amide bonds. The van der Waals surface area contributed by atoms with Crippen molar-refractivity contribution >= 4 is 35.1 Å². The number of urea groups is 1. The van der Waals surface area contributed by atoms with Gasteiger partial charge in [0.25, 0.3) is 0 Å². The van der Waals surface area contributed by atoms with Crippen LogP contribution in [0.4, 0.5) is 4.79 Å². The monoisotopic (exact) mass is 361 g/mol. The molecule has 0 radical (unpaired) electrons. The summed E-state index contributed by atoms with van der Waals surface area (Å²) in [5.41, 5.74) is 2.71. The number of hydrogen-bond donors (Lipinski definition) is 1. The molecule has 2 aromatic rings. The number of pyridine rings is 1. The van der Waals surface area contributed by atoms with Gasteiger partial charge in [-0.1, -0.05) is 35.3 Å². The molecule has 2 atom stereocenters. The quantitative estimate of drug-likeness (QED) is 0.851. The molecule has 5 nitrogen and oxygen atoms in total. The smallest absolute Gasteiger partial charge is 0.324 e. The molecule has 1 saturated heterocycles. The van der Waals surface area contributed by atoms with Gasteiger partial charge in [0.15, 0.2) is 0 Å². The van der Waals surface area contributed by atoms with E-state index in [2.05, 4.69) is 10.3 Å². The van der Waals surface area contributed by atoms with Gasteiger partial charge in [0.2, 0.25) is 5.91 Å². The molecule has 2 unspecified atom stereocenters. The molecule has 1 N–H and O–H groups in total.